The molecule has 0 aliphatic rings. The van der Waals surface area contributed by atoms with Gasteiger partial charge in [-0.3, -0.25) is 4.79 Å². The Morgan fingerprint density at radius 2 is 1.76 bits per heavy atom. The van der Waals surface area contributed by atoms with E-state index in [9.17, 15) is 4.79 Å². The van der Waals surface area contributed by atoms with Crippen molar-refractivity contribution in [3.05, 3.63) is 72.7 Å². The Hall–Kier alpha value is -2.81. The maximum Gasteiger partial charge on any atom is 0.159 e. The van der Waals surface area contributed by atoms with Crippen molar-refractivity contribution in [2.45, 2.75) is 6.92 Å². The molecule has 0 aliphatic carbocycles. The van der Waals surface area contributed by atoms with E-state index in [1.165, 1.54) is 6.33 Å². The van der Waals surface area contributed by atoms with Gasteiger partial charge in [-0.1, -0.05) is 42.5 Å². The van der Waals surface area contributed by atoms with Gasteiger partial charge in [-0.25, -0.2) is 9.97 Å². The molecule has 0 saturated carbocycles. The van der Waals surface area contributed by atoms with Crippen LogP contribution < -0.4 is 0 Å². The lowest BCUT2D eigenvalue weighted by molar-refractivity contribution is 0.101. The highest BCUT2D eigenvalue weighted by Gasteiger charge is 2.04. The molecule has 0 saturated heterocycles. The number of ketones is 1. The summed E-state index contributed by atoms with van der Waals surface area (Å²) in [6, 6.07) is 17.5. The second-order valence-electron chi connectivity index (χ2n) is 4.75. The molecule has 3 nitrogen and oxygen atoms in total. The van der Waals surface area contributed by atoms with Crippen LogP contribution in [0.25, 0.3) is 22.4 Å². The van der Waals surface area contributed by atoms with Crippen LogP contribution in [0.2, 0.25) is 0 Å². The van der Waals surface area contributed by atoms with Crippen molar-refractivity contribution < 1.29 is 4.79 Å². The van der Waals surface area contributed by atoms with Gasteiger partial charge < -0.3 is 0 Å². The predicted molar refractivity (Wildman–Crippen MR) is 81.7 cm³/mol. The molecule has 0 fully saturated rings. The molecule has 0 amide bonds. The second-order valence-corrected chi connectivity index (χ2v) is 4.75. The highest BCUT2D eigenvalue weighted by atomic mass is 16.1. The molecule has 0 atom stereocenters. The van der Waals surface area contributed by atoms with E-state index in [0.29, 0.717) is 0 Å². The van der Waals surface area contributed by atoms with Gasteiger partial charge in [-0.15, -0.1) is 0 Å². The quantitative estimate of drug-likeness (QED) is 0.681. The van der Waals surface area contributed by atoms with E-state index in [4.69, 9.17) is 0 Å². The number of rotatable bonds is 3. The van der Waals surface area contributed by atoms with Crippen molar-refractivity contribution in [3.8, 4) is 22.4 Å². The predicted octanol–water partition coefficient (Wildman–Crippen LogP) is 3.81. The largest absolute Gasteiger partial charge is 0.295 e. The first-order valence-corrected chi connectivity index (χ1v) is 6.64. The van der Waals surface area contributed by atoms with Gasteiger partial charge in [0.1, 0.15) is 6.33 Å². The van der Waals surface area contributed by atoms with Crippen molar-refractivity contribution in [2.24, 2.45) is 0 Å². The zero-order valence-electron chi connectivity index (χ0n) is 11.6. The van der Waals surface area contributed by atoms with Crippen molar-refractivity contribution >= 4 is 5.78 Å². The molecule has 101 valence electrons. The van der Waals surface area contributed by atoms with Gasteiger partial charge in [-0.05, 0) is 30.2 Å². The van der Waals surface area contributed by atoms with Gasteiger partial charge in [0.05, 0.1) is 11.9 Å². The highest BCUT2D eigenvalue weighted by Crippen LogP contribution is 2.24. The van der Waals surface area contributed by atoms with E-state index in [1.807, 2.05) is 48.5 Å². The van der Waals surface area contributed by atoms with Crippen LogP contribution in [-0.4, -0.2) is 15.8 Å². The number of nitrogens with zero attached hydrogens (tertiary/aromatic N) is 2. The Labute approximate surface area is 123 Å². The number of Topliss-reactive ketones (excluding diaryl/α,β-unsaturated/α-hetero) is 1. The Morgan fingerprint density at radius 3 is 2.43 bits per heavy atom. The first-order chi connectivity index (χ1) is 10.2. The topological polar surface area (TPSA) is 42.9 Å². The van der Waals surface area contributed by atoms with Crippen LogP contribution in [0.1, 0.15) is 17.3 Å². The smallest absolute Gasteiger partial charge is 0.159 e. The number of hydrogen-bond donors (Lipinski definition) is 0. The van der Waals surface area contributed by atoms with Crippen molar-refractivity contribution in [3.63, 3.8) is 0 Å². The summed E-state index contributed by atoms with van der Waals surface area (Å²) in [6.45, 7) is 1.58. The van der Waals surface area contributed by atoms with Gasteiger partial charge in [-0.2, -0.15) is 0 Å². The third-order valence-electron chi connectivity index (χ3n) is 3.31. The summed E-state index contributed by atoms with van der Waals surface area (Å²) in [5, 5.41) is 0. The monoisotopic (exact) mass is 273 g/mol. The second kappa shape index (κ2) is 5.67. The summed E-state index contributed by atoms with van der Waals surface area (Å²) in [5.41, 5.74) is 4.68. The Morgan fingerprint density at radius 1 is 1.00 bits per heavy atom. The van der Waals surface area contributed by atoms with Gasteiger partial charge in [0.2, 0.25) is 0 Å². The third kappa shape index (κ3) is 2.87. The van der Waals surface area contributed by atoms with E-state index in [-0.39, 0.29) is 5.78 Å². The molecule has 0 aliphatic heterocycles. The maximum absolute atomic E-state index is 11.5. The van der Waals surface area contributed by atoms with Crippen LogP contribution >= 0.6 is 0 Å². The Kier molecular flexibility index (Phi) is 3.56. The van der Waals surface area contributed by atoms with Crippen molar-refractivity contribution in [2.75, 3.05) is 0 Å². The molecule has 0 bridgehead atoms. The van der Waals surface area contributed by atoms with Crippen LogP contribution in [-0.2, 0) is 0 Å². The molecule has 1 heterocycles. The van der Waals surface area contributed by atoms with Gasteiger partial charge in [0.25, 0.3) is 0 Å². The molecule has 21 heavy (non-hydrogen) atoms. The van der Waals surface area contributed by atoms with E-state index >= 15 is 0 Å². The maximum atomic E-state index is 11.5. The summed E-state index contributed by atoms with van der Waals surface area (Å²) in [5.74, 6) is 0.0741. The molecule has 0 N–H and O–H groups in total. The van der Waals surface area contributed by atoms with Gasteiger partial charge in [0, 0.05) is 11.1 Å². The van der Waals surface area contributed by atoms with Gasteiger partial charge >= 0.3 is 0 Å². The number of hydrogen-bond acceptors (Lipinski definition) is 3. The SMILES string of the molecule is CC(=O)c1cccc(-c2ccc(-c3c[c]ncn3)cc2)c1. The number of carbonyl (C=O) groups excluding carboxylic acids is 1. The fourth-order valence-electron chi connectivity index (χ4n) is 2.17. The molecule has 0 unspecified atom stereocenters. The van der Waals surface area contributed by atoms with Crippen molar-refractivity contribution in [1.29, 1.82) is 0 Å². The van der Waals surface area contributed by atoms with Crippen LogP contribution in [0.4, 0.5) is 0 Å². The average Bonchev–Trinajstić information content (AvgIpc) is 2.56. The zero-order chi connectivity index (χ0) is 14.7. The minimum absolute atomic E-state index is 0.0741. The van der Waals surface area contributed by atoms with E-state index in [2.05, 4.69) is 16.2 Å². The Balaban J connectivity index is 1.94. The Bertz CT molecular complexity index is 765. The minimum atomic E-state index is 0.0741. The fourth-order valence-corrected chi connectivity index (χ4v) is 2.17. The van der Waals surface area contributed by atoms with Crippen molar-refractivity contribution in [1.82, 2.24) is 9.97 Å². The van der Waals surface area contributed by atoms with E-state index < -0.39 is 0 Å². The lowest BCUT2D eigenvalue weighted by Gasteiger charge is -2.05. The fraction of sp³-hybridized carbons (Fsp3) is 0.0556. The molecule has 0 spiro atoms. The summed E-state index contributed by atoms with van der Waals surface area (Å²) in [6.07, 6.45) is 4.26. The average molecular weight is 273 g/mol. The molecule has 3 rings (SSSR count). The summed E-state index contributed by atoms with van der Waals surface area (Å²) in [4.78, 5) is 19.4. The lowest BCUT2D eigenvalue weighted by Crippen LogP contribution is -1.91. The van der Waals surface area contributed by atoms with E-state index in [1.54, 1.807) is 13.0 Å². The number of aromatic nitrogens is 2. The lowest BCUT2D eigenvalue weighted by atomic mass is 10.00. The highest BCUT2D eigenvalue weighted by molar-refractivity contribution is 5.95. The molecule has 1 radical (unpaired) electrons. The standard InChI is InChI=1S/C18H13N2O/c1-13(21)16-3-2-4-17(11-16)14-5-7-15(8-6-14)18-9-10-19-12-20-18/h2-9,11-12H,1H3. The van der Waals surface area contributed by atoms with Gasteiger partial charge in [0.15, 0.2) is 5.78 Å². The summed E-state index contributed by atoms with van der Waals surface area (Å²) in [7, 11) is 0. The number of benzene rings is 2. The first-order valence-electron chi connectivity index (χ1n) is 6.64. The van der Waals surface area contributed by atoms with Crippen LogP contribution in [0.3, 0.4) is 0 Å². The number of carbonyl (C=O) groups is 1. The molecule has 1 aromatic heterocycles. The summed E-state index contributed by atoms with van der Waals surface area (Å²) >= 11 is 0. The van der Waals surface area contributed by atoms with Crippen LogP contribution in [0, 0.1) is 6.20 Å². The third-order valence-corrected chi connectivity index (χ3v) is 3.31. The normalized spacial score (nSPS) is 10.3. The molecular formula is C18H13N2O. The molecule has 3 aromatic rings. The van der Waals surface area contributed by atoms with Crippen LogP contribution in [0.15, 0.2) is 60.9 Å². The van der Waals surface area contributed by atoms with E-state index in [0.717, 1.165) is 27.9 Å². The van der Waals surface area contributed by atoms with Crippen LogP contribution in [0.5, 0.6) is 0 Å². The minimum Gasteiger partial charge on any atom is -0.295 e. The molecule has 3 heteroatoms. The zero-order valence-corrected chi connectivity index (χ0v) is 11.6. The molecule has 2 aromatic carbocycles. The molecular weight excluding hydrogens is 260 g/mol. The first kappa shape index (κ1) is 13.2. The summed E-state index contributed by atoms with van der Waals surface area (Å²) < 4.78 is 0.